The van der Waals surface area contributed by atoms with E-state index in [1.165, 1.54) is 22.9 Å². The van der Waals surface area contributed by atoms with Gasteiger partial charge < -0.3 is 16.2 Å². The SMILES string of the molecule is Cc1nc(N)c2c(n1)c(C)nn2-c1ccc(NC(=O)[C@H](O)c2cccc(Cl)c2)cc1F. The molecule has 0 aliphatic rings. The molecular weight excluding hydrogens is 423 g/mol. The number of benzene rings is 2. The molecule has 0 aliphatic heterocycles. The number of aromatic nitrogens is 4. The minimum absolute atomic E-state index is 0.116. The Morgan fingerprint density at radius 2 is 2.00 bits per heavy atom. The average Bonchev–Trinajstić information content (AvgIpc) is 3.04. The minimum atomic E-state index is -1.46. The Morgan fingerprint density at radius 1 is 1.23 bits per heavy atom. The van der Waals surface area contributed by atoms with Crippen molar-refractivity contribution in [3.05, 3.63) is 70.4 Å². The third kappa shape index (κ3) is 3.92. The Morgan fingerprint density at radius 3 is 2.71 bits per heavy atom. The predicted molar refractivity (Wildman–Crippen MR) is 116 cm³/mol. The number of rotatable bonds is 4. The van der Waals surface area contributed by atoms with E-state index in [1.54, 1.807) is 32.0 Å². The standard InChI is InChI=1S/C21H18ClFN6O2/c1-10-17-18(20(24)26-11(2)25-17)29(28-10)16-7-6-14(9-15(16)23)27-21(31)19(30)12-4-3-5-13(22)8-12/h3-9,19,30H,1-2H3,(H,27,31)(H2,24,25,26)/t19-/m1/s1. The molecule has 10 heteroatoms. The number of carbonyl (C=O) groups is 1. The highest BCUT2D eigenvalue weighted by Gasteiger charge is 2.20. The second-order valence-electron chi connectivity index (χ2n) is 6.96. The zero-order valence-electron chi connectivity index (χ0n) is 16.6. The lowest BCUT2D eigenvalue weighted by atomic mass is 10.1. The summed E-state index contributed by atoms with van der Waals surface area (Å²) in [5, 5.41) is 17.5. The molecule has 4 N–H and O–H groups in total. The maximum Gasteiger partial charge on any atom is 0.257 e. The van der Waals surface area contributed by atoms with Crippen molar-refractivity contribution in [2.45, 2.75) is 20.0 Å². The van der Waals surface area contributed by atoms with E-state index >= 15 is 0 Å². The van der Waals surface area contributed by atoms with E-state index in [0.29, 0.717) is 33.1 Å². The number of aryl methyl sites for hydroxylation is 2. The maximum atomic E-state index is 14.9. The van der Waals surface area contributed by atoms with Crippen molar-refractivity contribution >= 4 is 40.0 Å². The van der Waals surface area contributed by atoms with Crippen molar-refractivity contribution in [3.63, 3.8) is 0 Å². The molecule has 0 saturated heterocycles. The summed E-state index contributed by atoms with van der Waals surface area (Å²) in [6, 6.07) is 10.4. The summed E-state index contributed by atoms with van der Waals surface area (Å²) >= 11 is 5.89. The van der Waals surface area contributed by atoms with Gasteiger partial charge in [-0.25, -0.2) is 19.0 Å². The molecule has 4 aromatic rings. The largest absolute Gasteiger partial charge is 0.382 e. The number of anilines is 2. The van der Waals surface area contributed by atoms with E-state index < -0.39 is 17.8 Å². The lowest BCUT2D eigenvalue weighted by Gasteiger charge is -2.13. The number of carbonyl (C=O) groups excluding carboxylic acids is 1. The Labute approximate surface area is 181 Å². The highest BCUT2D eigenvalue weighted by molar-refractivity contribution is 6.30. The molecule has 1 atom stereocenters. The number of aliphatic hydroxyl groups is 1. The van der Waals surface area contributed by atoms with Gasteiger partial charge in [0, 0.05) is 10.7 Å². The topological polar surface area (TPSA) is 119 Å². The first-order valence-electron chi connectivity index (χ1n) is 9.28. The van der Waals surface area contributed by atoms with Crippen LogP contribution in [-0.2, 0) is 4.79 Å². The van der Waals surface area contributed by atoms with Crippen LogP contribution in [0.2, 0.25) is 5.02 Å². The van der Waals surface area contributed by atoms with Crippen LogP contribution in [0.5, 0.6) is 0 Å². The van der Waals surface area contributed by atoms with E-state index in [4.69, 9.17) is 17.3 Å². The molecule has 1 amide bonds. The van der Waals surface area contributed by atoms with Crippen molar-refractivity contribution < 1.29 is 14.3 Å². The maximum absolute atomic E-state index is 14.9. The molecule has 8 nitrogen and oxygen atoms in total. The van der Waals surface area contributed by atoms with Crippen LogP contribution in [0.15, 0.2) is 42.5 Å². The summed E-state index contributed by atoms with van der Waals surface area (Å²) in [6.07, 6.45) is -1.46. The first kappa shape index (κ1) is 20.7. The summed E-state index contributed by atoms with van der Waals surface area (Å²) < 4.78 is 16.3. The van der Waals surface area contributed by atoms with E-state index in [2.05, 4.69) is 20.4 Å². The number of nitrogens with two attached hydrogens (primary N) is 1. The third-order valence-corrected chi connectivity index (χ3v) is 4.92. The van der Waals surface area contributed by atoms with Gasteiger partial charge in [-0.3, -0.25) is 4.79 Å². The second-order valence-corrected chi connectivity index (χ2v) is 7.40. The molecule has 2 aromatic carbocycles. The predicted octanol–water partition coefficient (Wildman–Crippen LogP) is 3.48. The molecule has 0 saturated carbocycles. The first-order chi connectivity index (χ1) is 14.7. The summed E-state index contributed by atoms with van der Waals surface area (Å²) in [5.74, 6) is -0.698. The first-order valence-corrected chi connectivity index (χ1v) is 9.66. The molecule has 31 heavy (non-hydrogen) atoms. The molecule has 0 bridgehead atoms. The number of hydrogen-bond acceptors (Lipinski definition) is 6. The highest BCUT2D eigenvalue weighted by Crippen LogP contribution is 2.27. The molecular formula is C21H18ClFN6O2. The molecule has 0 aliphatic carbocycles. The average molecular weight is 441 g/mol. The van der Waals surface area contributed by atoms with Crippen LogP contribution in [0.3, 0.4) is 0 Å². The van der Waals surface area contributed by atoms with Crippen LogP contribution in [0, 0.1) is 19.7 Å². The number of nitrogen functional groups attached to an aromatic ring is 1. The molecule has 4 rings (SSSR count). The quantitative estimate of drug-likeness (QED) is 0.447. The van der Waals surface area contributed by atoms with Crippen molar-refractivity contribution in [2.75, 3.05) is 11.1 Å². The van der Waals surface area contributed by atoms with Crippen molar-refractivity contribution in [3.8, 4) is 5.69 Å². The van der Waals surface area contributed by atoms with E-state index in [0.717, 1.165) is 6.07 Å². The molecule has 0 unspecified atom stereocenters. The molecule has 0 fully saturated rings. The molecule has 158 valence electrons. The highest BCUT2D eigenvalue weighted by atomic mass is 35.5. The summed E-state index contributed by atoms with van der Waals surface area (Å²) in [7, 11) is 0. The van der Waals surface area contributed by atoms with Crippen LogP contribution in [-0.4, -0.2) is 30.8 Å². The number of halogens is 2. The van der Waals surface area contributed by atoms with Crippen molar-refractivity contribution in [1.82, 2.24) is 19.7 Å². The third-order valence-electron chi connectivity index (χ3n) is 4.68. The van der Waals surface area contributed by atoms with Gasteiger partial charge in [0.15, 0.2) is 17.7 Å². The number of nitrogens with zero attached hydrogens (tertiary/aromatic N) is 4. The zero-order valence-corrected chi connectivity index (χ0v) is 17.4. The fourth-order valence-corrected chi connectivity index (χ4v) is 3.46. The fraction of sp³-hybridized carbons (Fsp3) is 0.143. The van der Waals surface area contributed by atoms with Gasteiger partial charge in [0.05, 0.1) is 5.69 Å². The van der Waals surface area contributed by atoms with Gasteiger partial charge in [-0.1, -0.05) is 23.7 Å². The fourth-order valence-electron chi connectivity index (χ4n) is 3.27. The Hall–Kier alpha value is -3.56. The number of hydrogen-bond donors (Lipinski definition) is 3. The lowest BCUT2D eigenvalue weighted by Crippen LogP contribution is -2.21. The molecule has 2 aromatic heterocycles. The van der Waals surface area contributed by atoms with E-state index in [-0.39, 0.29) is 17.2 Å². The number of nitrogens with one attached hydrogen (secondary N) is 1. The van der Waals surface area contributed by atoms with Gasteiger partial charge in [-0.2, -0.15) is 5.10 Å². The Kier molecular flexibility index (Phi) is 5.30. The minimum Gasteiger partial charge on any atom is -0.382 e. The van der Waals surface area contributed by atoms with Crippen LogP contribution >= 0.6 is 11.6 Å². The van der Waals surface area contributed by atoms with Gasteiger partial charge in [-0.05, 0) is 49.7 Å². The Balaban J connectivity index is 1.64. The summed E-state index contributed by atoms with van der Waals surface area (Å²) in [6.45, 7) is 3.46. The van der Waals surface area contributed by atoms with E-state index in [9.17, 15) is 14.3 Å². The zero-order chi connectivity index (χ0) is 22.3. The number of fused-ring (bicyclic) bond motifs is 1. The summed E-state index contributed by atoms with van der Waals surface area (Å²) in [5.41, 5.74) is 8.14. The van der Waals surface area contributed by atoms with Crippen LogP contribution in [0.25, 0.3) is 16.7 Å². The molecule has 2 heterocycles. The van der Waals surface area contributed by atoms with Gasteiger partial charge in [-0.15, -0.1) is 0 Å². The van der Waals surface area contributed by atoms with Crippen molar-refractivity contribution in [2.24, 2.45) is 0 Å². The normalized spacial score (nSPS) is 12.2. The molecule has 0 spiro atoms. The van der Waals surface area contributed by atoms with Gasteiger partial charge >= 0.3 is 0 Å². The number of amides is 1. The smallest absolute Gasteiger partial charge is 0.257 e. The van der Waals surface area contributed by atoms with Gasteiger partial charge in [0.25, 0.3) is 5.91 Å². The molecule has 0 radical (unpaired) electrons. The Bertz CT molecular complexity index is 1320. The lowest BCUT2D eigenvalue weighted by molar-refractivity contribution is -0.124. The van der Waals surface area contributed by atoms with Gasteiger partial charge in [0.2, 0.25) is 0 Å². The number of aliphatic hydroxyl groups excluding tert-OH is 1. The summed E-state index contributed by atoms with van der Waals surface area (Å²) in [4.78, 5) is 20.8. The van der Waals surface area contributed by atoms with Crippen molar-refractivity contribution in [1.29, 1.82) is 0 Å². The second kappa shape index (κ2) is 7.93. The van der Waals surface area contributed by atoms with Crippen LogP contribution in [0.4, 0.5) is 15.9 Å². The van der Waals surface area contributed by atoms with Crippen LogP contribution in [0.1, 0.15) is 23.2 Å². The van der Waals surface area contributed by atoms with E-state index in [1.807, 2.05) is 0 Å². The monoisotopic (exact) mass is 440 g/mol. The van der Waals surface area contributed by atoms with Gasteiger partial charge in [0.1, 0.15) is 22.5 Å². The van der Waals surface area contributed by atoms with Crippen LogP contribution < -0.4 is 11.1 Å².